The van der Waals surface area contributed by atoms with Gasteiger partial charge in [0.15, 0.2) is 23.7 Å². The second-order valence-corrected chi connectivity index (χ2v) is 12.7. The van der Waals surface area contributed by atoms with Gasteiger partial charge < -0.3 is 14.6 Å². The fourth-order valence-electron chi connectivity index (χ4n) is 8.58. The van der Waals surface area contributed by atoms with Crippen LogP contribution in [0.25, 0.3) is 0 Å². The van der Waals surface area contributed by atoms with E-state index in [1.165, 1.54) is 6.92 Å². The highest BCUT2D eigenvalue weighted by Gasteiger charge is 2.78. The van der Waals surface area contributed by atoms with Crippen molar-refractivity contribution in [2.24, 2.45) is 28.6 Å². The molecule has 10 heteroatoms. The first kappa shape index (κ1) is 31.4. The summed E-state index contributed by atoms with van der Waals surface area (Å²) in [5.41, 5.74) is -8.34. The maximum absolute atomic E-state index is 17.5. The molecule has 41 heavy (non-hydrogen) atoms. The van der Waals surface area contributed by atoms with Crippen LogP contribution in [0, 0.1) is 28.6 Å². The molecule has 0 spiro atoms. The molecule has 4 rings (SSSR count). The molecule has 7 nitrogen and oxygen atoms in total. The van der Waals surface area contributed by atoms with E-state index in [2.05, 4.69) is 0 Å². The lowest BCUT2D eigenvalue weighted by Crippen LogP contribution is -2.71. The first-order chi connectivity index (χ1) is 19.1. The van der Waals surface area contributed by atoms with Gasteiger partial charge in [-0.25, -0.2) is 13.2 Å². The quantitative estimate of drug-likeness (QED) is 0.293. The number of carbonyl (C=O) groups is 4. The van der Waals surface area contributed by atoms with Gasteiger partial charge in [0.25, 0.3) is 0 Å². The number of hydrogen-bond acceptors (Lipinski definition) is 7. The van der Waals surface area contributed by atoms with Crippen LogP contribution in [0.4, 0.5) is 13.2 Å². The molecule has 3 saturated carbocycles. The van der Waals surface area contributed by atoms with Crippen LogP contribution in [0.1, 0.15) is 86.0 Å². The predicted octanol–water partition coefficient (Wildman–Crippen LogP) is 5.23. The highest BCUT2D eigenvalue weighted by Crippen LogP contribution is 2.72. The number of carbonyl (C=O) groups excluding carboxylic acids is 4. The van der Waals surface area contributed by atoms with Gasteiger partial charge in [-0.15, -0.1) is 0 Å². The Hall–Kier alpha value is -2.49. The van der Waals surface area contributed by atoms with Crippen molar-refractivity contribution < 1.29 is 46.9 Å². The van der Waals surface area contributed by atoms with Crippen LogP contribution < -0.4 is 0 Å². The molecule has 0 heterocycles. The molecule has 228 valence electrons. The third-order valence-corrected chi connectivity index (χ3v) is 10.6. The Kier molecular flexibility index (Phi) is 8.41. The number of fused-ring (bicyclic) bond motifs is 5. The summed E-state index contributed by atoms with van der Waals surface area (Å²) in [6, 6.07) is 0. The largest absolute Gasteiger partial charge is 0.457 e. The third-order valence-electron chi connectivity index (χ3n) is 10.6. The Morgan fingerprint density at radius 3 is 2.41 bits per heavy atom. The molecule has 0 radical (unpaired) electrons. The van der Waals surface area contributed by atoms with Gasteiger partial charge >= 0.3 is 11.9 Å². The minimum Gasteiger partial charge on any atom is -0.457 e. The van der Waals surface area contributed by atoms with Crippen LogP contribution in [0.2, 0.25) is 0 Å². The monoisotopic (exact) mass is 582 g/mol. The van der Waals surface area contributed by atoms with Crippen LogP contribution in [0.15, 0.2) is 23.6 Å². The van der Waals surface area contributed by atoms with Crippen molar-refractivity contribution in [1.82, 2.24) is 0 Å². The molecule has 9 atom stereocenters. The van der Waals surface area contributed by atoms with E-state index in [-0.39, 0.29) is 25.7 Å². The molecule has 4 aliphatic rings. The zero-order valence-electron chi connectivity index (χ0n) is 24.4. The van der Waals surface area contributed by atoms with E-state index in [1.54, 1.807) is 20.8 Å². The van der Waals surface area contributed by atoms with Crippen LogP contribution in [-0.2, 0) is 28.7 Å². The molecule has 0 saturated heterocycles. The number of rotatable bonds is 9. The van der Waals surface area contributed by atoms with Gasteiger partial charge in [-0.1, -0.05) is 46.6 Å². The molecule has 0 amide bonds. The van der Waals surface area contributed by atoms with Crippen molar-refractivity contribution in [3.63, 3.8) is 0 Å². The fraction of sp³-hybridized carbons (Fsp3) is 0.742. The normalized spacial score (nSPS) is 41.4. The van der Waals surface area contributed by atoms with Crippen molar-refractivity contribution in [3.05, 3.63) is 23.6 Å². The number of aliphatic hydroxyl groups is 1. The van der Waals surface area contributed by atoms with Crippen LogP contribution in [0.3, 0.4) is 0 Å². The molecule has 0 bridgehead atoms. The van der Waals surface area contributed by atoms with E-state index in [1.807, 2.05) is 6.92 Å². The summed E-state index contributed by atoms with van der Waals surface area (Å²) in [6.45, 7) is 7.49. The maximum atomic E-state index is 17.5. The minimum atomic E-state index is -2.57. The van der Waals surface area contributed by atoms with E-state index in [0.29, 0.717) is 6.42 Å². The van der Waals surface area contributed by atoms with Gasteiger partial charge in [0.05, 0.1) is 6.10 Å². The van der Waals surface area contributed by atoms with Gasteiger partial charge in [0.1, 0.15) is 6.17 Å². The molecule has 0 aromatic carbocycles. The number of ether oxygens (including phenoxy) is 2. The number of Topliss-reactive ketones (excluding diaryl/α,β-unsaturated/α-hetero) is 1. The highest BCUT2D eigenvalue weighted by molar-refractivity contribution is 6.04. The van der Waals surface area contributed by atoms with Crippen molar-refractivity contribution in [3.8, 4) is 0 Å². The summed E-state index contributed by atoms with van der Waals surface area (Å²) < 4.78 is 59.4. The maximum Gasteiger partial charge on any atom is 0.306 e. The zero-order chi connectivity index (χ0) is 30.5. The van der Waals surface area contributed by atoms with E-state index >= 15 is 8.78 Å². The lowest BCUT2D eigenvalue weighted by molar-refractivity contribution is -0.232. The highest BCUT2D eigenvalue weighted by atomic mass is 19.2. The second kappa shape index (κ2) is 11.0. The van der Waals surface area contributed by atoms with E-state index in [9.17, 15) is 28.7 Å². The van der Waals surface area contributed by atoms with Gasteiger partial charge in [-0.2, -0.15) is 0 Å². The average Bonchev–Trinajstić information content (AvgIpc) is 3.13. The smallest absolute Gasteiger partial charge is 0.306 e. The summed E-state index contributed by atoms with van der Waals surface area (Å²) in [4.78, 5) is 51.1. The number of allylic oxidation sites excluding steroid dienone is 4. The number of alkyl halides is 2. The topological polar surface area (TPSA) is 107 Å². The summed E-state index contributed by atoms with van der Waals surface area (Å²) in [5, 5.41) is 11.6. The van der Waals surface area contributed by atoms with Crippen molar-refractivity contribution in [2.45, 2.75) is 110 Å². The zero-order valence-corrected chi connectivity index (χ0v) is 24.4. The Balaban J connectivity index is 1.76. The third kappa shape index (κ3) is 4.41. The Morgan fingerprint density at radius 2 is 1.78 bits per heavy atom. The van der Waals surface area contributed by atoms with Crippen LogP contribution >= 0.6 is 0 Å². The fourth-order valence-corrected chi connectivity index (χ4v) is 8.58. The Morgan fingerprint density at radius 1 is 1.10 bits per heavy atom. The molecule has 0 unspecified atom stereocenters. The van der Waals surface area contributed by atoms with Crippen molar-refractivity contribution >= 4 is 23.5 Å². The van der Waals surface area contributed by atoms with Crippen LogP contribution in [-0.4, -0.2) is 58.8 Å². The summed E-state index contributed by atoms with van der Waals surface area (Å²) in [6.07, 6.45) is -0.136. The molecule has 0 aliphatic heterocycles. The van der Waals surface area contributed by atoms with Gasteiger partial charge in [-0.05, 0) is 44.6 Å². The SMILES string of the molecule is CCCCCC(=O)OCC(=O)[C@@]1(OC(=O)CC)[C@@H](C)C[C@H]2[C@@H]3C[C@H](F)C4=C(F)C(=O)C=C[C@]4(C)[C@@]3(F)[C@@H](O)C[C@@]21C. The molecule has 0 aromatic heterocycles. The number of halogens is 3. The number of unbranched alkanes of at least 4 members (excludes halogenated alkanes) is 2. The number of ketones is 2. The molecule has 0 aromatic rings. The van der Waals surface area contributed by atoms with Crippen LogP contribution in [0.5, 0.6) is 0 Å². The average molecular weight is 583 g/mol. The van der Waals surface area contributed by atoms with Gasteiger partial charge in [-0.3, -0.25) is 19.2 Å². The van der Waals surface area contributed by atoms with E-state index in [0.717, 1.165) is 25.0 Å². The predicted molar refractivity (Wildman–Crippen MR) is 142 cm³/mol. The van der Waals surface area contributed by atoms with Gasteiger partial charge in [0, 0.05) is 41.1 Å². The first-order valence-electron chi connectivity index (χ1n) is 14.7. The Bertz CT molecular complexity index is 1180. The van der Waals surface area contributed by atoms with Crippen molar-refractivity contribution in [2.75, 3.05) is 6.61 Å². The molecule has 3 fully saturated rings. The number of hydrogen-bond donors (Lipinski definition) is 1. The Labute approximate surface area is 238 Å². The van der Waals surface area contributed by atoms with E-state index in [4.69, 9.17) is 9.47 Å². The second-order valence-electron chi connectivity index (χ2n) is 12.7. The van der Waals surface area contributed by atoms with Crippen molar-refractivity contribution in [1.29, 1.82) is 0 Å². The molecule has 4 aliphatic carbocycles. The summed E-state index contributed by atoms with van der Waals surface area (Å²) in [5.74, 6) is -6.96. The standard InChI is InChI=1S/C31H41F3O7/c1-6-8-9-10-25(39)40-16-23(37)31(41-24(38)7-2)17(3)13-18-19-14-20(32)26-27(33)21(35)11-12-28(26,4)30(19,34)22(36)15-29(18,31)5/h11-12,17-20,22,36H,6-10,13-16H2,1-5H3/t17-,18-,19-,20-,22-,28-,29-,30-,31-/m0/s1. The summed E-state index contributed by atoms with van der Waals surface area (Å²) in [7, 11) is 0. The molecular weight excluding hydrogens is 541 g/mol. The molecular formula is C31H41F3O7. The summed E-state index contributed by atoms with van der Waals surface area (Å²) >= 11 is 0. The molecule has 1 N–H and O–H groups in total. The number of esters is 2. The van der Waals surface area contributed by atoms with Gasteiger partial charge in [0.2, 0.25) is 11.6 Å². The minimum absolute atomic E-state index is 0.0603. The lowest BCUT2D eigenvalue weighted by atomic mass is 9.44. The van der Waals surface area contributed by atoms with E-state index < -0.39 is 100 Å². The number of aliphatic hydroxyl groups excluding tert-OH is 1. The first-order valence-corrected chi connectivity index (χ1v) is 14.7. The lowest BCUT2D eigenvalue weighted by Gasteiger charge is -2.63.